The minimum Gasteiger partial charge on any atom is -0.298 e. The van der Waals surface area contributed by atoms with Gasteiger partial charge in [0.25, 0.3) is 0 Å². The Labute approximate surface area is 98.9 Å². The monoisotopic (exact) mass is 227 g/mol. The average Bonchev–Trinajstić information content (AvgIpc) is 2.28. The summed E-state index contributed by atoms with van der Waals surface area (Å²) in [5.41, 5.74) is 3.17. The summed E-state index contributed by atoms with van der Waals surface area (Å²) in [6.07, 6.45) is 2.28. The van der Waals surface area contributed by atoms with Crippen LogP contribution in [0.2, 0.25) is 0 Å². The molecule has 0 atom stereocenters. The summed E-state index contributed by atoms with van der Waals surface area (Å²) < 4.78 is 0. The van der Waals surface area contributed by atoms with E-state index in [9.17, 15) is 4.79 Å². The maximum atomic E-state index is 11.7. The van der Waals surface area contributed by atoms with Crippen molar-refractivity contribution >= 4 is 5.78 Å². The van der Waals surface area contributed by atoms with Gasteiger partial charge in [-0.05, 0) is 26.9 Å². The maximum Gasteiger partial charge on any atom is 0.149 e. The highest BCUT2D eigenvalue weighted by atomic mass is 16.1. The van der Waals surface area contributed by atoms with Crippen molar-refractivity contribution in [1.82, 2.24) is 15.3 Å². The Hall–Kier alpha value is -0.450. The summed E-state index contributed by atoms with van der Waals surface area (Å²) in [4.78, 5) is 13.9. The van der Waals surface area contributed by atoms with E-state index in [1.54, 1.807) is 0 Å². The number of nitrogens with zero attached hydrogens (tertiary/aromatic N) is 2. The fourth-order valence-corrected chi connectivity index (χ4v) is 2.09. The van der Waals surface area contributed by atoms with Crippen LogP contribution in [0.5, 0.6) is 0 Å². The second kappa shape index (κ2) is 6.33. The van der Waals surface area contributed by atoms with Crippen molar-refractivity contribution in [2.75, 3.05) is 33.7 Å². The summed E-state index contributed by atoms with van der Waals surface area (Å²) >= 11 is 0. The van der Waals surface area contributed by atoms with E-state index in [-0.39, 0.29) is 5.92 Å². The topological polar surface area (TPSA) is 35.6 Å². The fraction of sp³-hybridized carbons (Fsp3) is 0.917. The highest BCUT2D eigenvalue weighted by molar-refractivity contribution is 5.82. The number of ketones is 1. The van der Waals surface area contributed by atoms with Crippen LogP contribution in [0.15, 0.2) is 0 Å². The summed E-state index contributed by atoms with van der Waals surface area (Å²) in [6, 6.07) is 0.562. The molecule has 0 saturated carbocycles. The predicted molar refractivity (Wildman–Crippen MR) is 66.1 cm³/mol. The van der Waals surface area contributed by atoms with Crippen molar-refractivity contribution in [1.29, 1.82) is 0 Å². The Kier molecular flexibility index (Phi) is 5.38. The molecule has 94 valence electrons. The average molecular weight is 227 g/mol. The van der Waals surface area contributed by atoms with E-state index in [1.807, 2.05) is 20.9 Å². The Bertz CT molecular complexity index is 222. The number of Topliss-reactive ketones (excluding diaryl/α,β-unsaturated/α-hetero) is 1. The van der Waals surface area contributed by atoms with Gasteiger partial charge in [-0.15, -0.1) is 0 Å². The minimum atomic E-state index is 0.153. The SMILES string of the molecule is CNN1CCC(N(C)CC(=O)C(C)C)CC1. The number of piperidine rings is 1. The molecule has 0 unspecified atom stereocenters. The lowest BCUT2D eigenvalue weighted by Crippen LogP contribution is -2.48. The van der Waals surface area contributed by atoms with Crippen LogP contribution in [-0.2, 0) is 4.79 Å². The Morgan fingerprint density at radius 1 is 1.44 bits per heavy atom. The number of rotatable bonds is 5. The van der Waals surface area contributed by atoms with E-state index in [0.29, 0.717) is 18.4 Å². The predicted octanol–water partition coefficient (Wildman–Crippen LogP) is 0.742. The third-order valence-corrected chi connectivity index (χ3v) is 3.45. The Morgan fingerprint density at radius 3 is 2.44 bits per heavy atom. The van der Waals surface area contributed by atoms with Gasteiger partial charge >= 0.3 is 0 Å². The van der Waals surface area contributed by atoms with Gasteiger partial charge < -0.3 is 0 Å². The molecule has 0 radical (unpaired) electrons. The second-order valence-corrected chi connectivity index (χ2v) is 4.98. The van der Waals surface area contributed by atoms with E-state index < -0.39 is 0 Å². The van der Waals surface area contributed by atoms with E-state index in [1.165, 1.54) is 0 Å². The Morgan fingerprint density at radius 2 is 2.00 bits per heavy atom. The second-order valence-electron chi connectivity index (χ2n) is 4.98. The van der Waals surface area contributed by atoms with Crippen LogP contribution in [0, 0.1) is 5.92 Å². The van der Waals surface area contributed by atoms with Gasteiger partial charge in [0.1, 0.15) is 5.78 Å². The molecule has 0 aromatic heterocycles. The van der Waals surface area contributed by atoms with Gasteiger partial charge in [0, 0.05) is 25.0 Å². The van der Waals surface area contributed by atoms with Gasteiger partial charge in [0.05, 0.1) is 6.54 Å². The molecule has 4 heteroatoms. The molecule has 0 spiro atoms. The maximum absolute atomic E-state index is 11.7. The standard InChI is InChI=1S/C12H25N3O/c1-10(2)12(16)9-14(4)11-5-7-15(13-3)8-6-11/h10-11,13H,5-9H2,1-4H3. The number of likely N-dealkylation sites (N-methyl/N-ethyl adjacent to an activating group) is 1. The molecular weight excluding hydrogens is 202 g/mol. The zero-order chi connectivity index (χ0) is 12.1. The van der Waals surface area contributed by atoms with Crippen LogP contribution in [-0.4, -0.2) is 55.5 Å². The quantitative estimate of drug-likeness (QED) is 0.751. The van der Waals surface area contributed by atoms with Crippen molar-refractivity contribution in [3.8, 4) is 0 Å². The van der Waals surface area contributed by atoms with Gasteiger partial charge in [0.2, 0.25) is 0 Å². The van der Waals surface area contributed by atoms with Gasteiger partial charge in [-0.3, -0.25) is 15.1 Å². The molecule has 1 N–H and O–H groups in total. The largest absolute Gasteiger partial charge is 0.298 e. The first-order chi connectivity index (χ1) is 7.54. The molecule has 0 aliphatic carbocycles. The zero-order valence-electron chi connectivity index (χ0n) is 11.0. The molecule has 1 saturated heterocycles. The van der Waals surface area contributed by atoms with Crippen molar-refractivity contribution < 1.29 is 4.79 Å². The lowest BCUT2D eigenvalue weighted by Gasteiger charge is -2.36. The highest BCUT2D eigenvalue weighted by Crippen LogP contribution is 2.14. The van der Waals surface area contributed by atoms with Gasteiger partial charge in [-0.2, -0.15) is 0 Å². The summed E-state index contributed by atoms with van der Waals surface area (Å²) in [5.74, 6) is 0.499. The third kappa shape index (κ3) is 3.85. The first kappa shape index (κ1) is 13.6. The van der Waals surface area contributed by atoms with Crippen molar-refractivity contribution in [2.24, 2.45) is 5.92 Å². The van der Waals surface area contributed by atoms with Crippen LogP contribution in [0.3, 0.4) is 0 Å². The normalized spacial score (nSPS) is 19.6. The molecule has 1 heterocycles. The molecule has 0 aromatic rings. The summed E-state index contributed by atoms with van der Waals surface area (Å²) in [7, 11) is 4.03. The lowest BCUT2D eigenvalue weighted by molar-refractivity contribution is -0.123. The number of hydrogen-bond acceptors (Lipinski definition) is 4. The number of hydrogen-bond donors (Lipinski definition) is 1. The first-order valence-corrected chi connectivity index (χ1v) is 6.20. The van der Waals surface area contributed by atoms with E-state index in [4.69, 9.17) is 0 Å². The van der Waals surface area contributed by atoms with E-state index >= 15 is 0 Å². The molecule has 0 aromatic carbocycles. The van der Waals surface area contributed by atoms with Gasteiger partial charge in [-0.1, -0.05) is 13.8 Å². The first-order valence-electron chi connectivity index (χ1n) is 6.20. The molecule has 4 nitrogen and oxygen atoms in total. The lowest BCUT2D eigenvalue weighted by atomic mass is 10.0. The van der Waals surface area contributed by atoms with Gasteiger partial charge in [-0.25, -0.2) is 5.01 Å². The smallest absolute Gasteiger partial charge is 0.149 e. The number of hydrazine groups is 1. The summed E-state index contributed by atoms with van der Waals surface area (Å²) in [5, 5.41) is 2.23. The van der Waals surface area contributed by atoms with Gasteiger partial charge in [0.15, 0.2) is 0 Å². The highest BCUT2D eigenvalue weighted by Gasteiger charge is 2.23. The Balaban J connectivity index is 2.33. The third-order valence-electron chi connectivity index (χ3n) is 3.45. The minimum absolute atomic E-state index is 0.153. The van der Waals surface area contributed by atoms with Crippen molar-refractivity contribution in [2.45, 2.75) is 32.7 Å². The van der Waals surface area contributed by atoms with Crippen LogP contribution < -0.4 is 5.43 Å². The molecule has 0 amide bonds. The molecule has 1 aliphatic rings. The molecule has 0 bridgehead atoms. The van der Waals surface area contributed by atoms with E-state index in [0.717, 1.165) is 25.9 Å². The molecule has 1 fully saturated rings. The summed E-state index contributed by atoms with van der Waals surface area (Å²) in [6.45, 7) is 6.68. The molecule has 16 heavy (non-hydrogen) atoms. The van der Waals surface area contributed by atoms with Crippen LogP contribution in [0.4, 0.5) is 0 Å². The van der Waals surface area contributed by atoms with Crippen LogP contribution in [0.25, 0.3) is 0 Å². The zero-order valence-corrected chi connectivity index (χ0v) is 11.0. The fourth-order valence-electron chi connectivity index (χ4n) is 2.09. The number of carbonyl (C=O) groups is 1. The number of nitrogens with one attached hydrogen (secondary N) is 1. The van der Waals surface area contributed by atoms with Crippen molar-refractivity contribution in [3.05, 3.63) is 0 Å². The van der Waals surface area contributed by atoms with E-state index in [2.05, 4.69) is 22.4 Å². The van der Waals surface area contributed by atoms with Crippen LogP contribution >= 0.6 is 0 Å². The molecule has 1 rings (SSSR count). The molecule has 1 aliphatic heterocycles. The van der Waals surface area contributed by atoms with Crippen LogP contribution in [0.1, 0.15) is 26.7 Å². The molecular formula is C12H25N3O. The number of carbonyl (C=O) groups excluding carboxylic acids is 1. The van der Waals surface area contributed by atoms with Crippen molar-refractivity contribution in [3.63, 3.8) is 0 Å².